The minimum absolute atomic E-state index is 0.0760. The quantitative estimate of drug-likeness (QED) is 0.706. The molecule has 2 aliphatic heterocycles. The molecule has 31 heavy (non-hydrogen) atoms. The molecule has 1 unspecified atom stereocenters. The summed E-state index contributed by atoms with van der Waals surface area (Å²) in [7, 11) is 3.21. The summed E-state index contributed by atoms with van der Waals surface area (Å²) in [6, 6.07) is 6.98. The summed E-state index contributed by atoms with van der Waals surface area (Å²) in [6.07, 6.45) is 3.82. The average molecular weight is 445 g/mol. The zero-order chi connectivity index (χ0) is 22.0. The van der Waals surface area contributed by atoms with E-state index in [0.717, 1.165) is 36.4 Å². The molecule has 4 rings (SSSR count). The van der Waals surface area contributed by atoms with E-state index in [1.54, 1.807) is 26.5 Å². The van der Waals surface area contributed by atoms with Gasteiger partial charge in [0.15, 0.2) is 5.82 Å². The highest BCUT2D eigenvalue weighted by atomic mass is 35.5. The van der Waals surface area contributed by atoms with Crippen molar-refractivity contribution in [3.05, 3.63) is 41.0 Å². The van der Waals surface area contributed by atoms with Crippen LogP contribution in [-0.2, 0) is 16.0 Å². The molecule has 1 fully saturated rings. The number of hydrogen-bond acceptors (Lipinski definition) is 6. The first-order valence-corrected chi connectivity index (χ1v) is 10.6. The fourth-order valence-electron chi connectivity index (χ4n) is 4.19. The number of hydrogen-bond donors (Lipinski definition) is 1. The van der Waals surface area contributed by atoms with Crippen LogP contribution in [0.15, 0.2) is 30.5 Å². The molecule has 1 aromatic heterocycles. The van der Waals surface area contributed by atoms with Crippen molar-refractivity contribution in [2.45, 2.75) is 25.3 Å². The van der Waals surface area contributed by atoms with Gasteiger partial charge in [-0.1, -0.05) is 11.6 Å². The molecule has 8 nitrogen and oxygen atoms in total. The van der Waals surface area contributed by atoms with Gasteiger partial charge in [0.05, 0.1) is 24.9 Å². The fraction of sp³-hybridized carbons (Fsp3) is 0.409. The second-order valence-electron chi connectivity index (χ2n) is 7.55. The molecule has 1 N–H and O–H groups in total. The maximum Gasteiger partial charge on any atom is 0.250 e. The van der Waals surface area contributed by atoms with Crippen LogP contribution in [0, 0.1) is 0 Å². The maximum absolute atomic E-state index is 13.1. The summed E-state index contributed by atoms with van der Waals surface area (Å²) in [5.74, 6) is 1.84. The van der Waals surface area contributed by atoms with Gasteiger partial charge in [-0.15, -0.1) is 0 Å². The number of carbonyl (C=O) groups is 2. The third kappa shape index (κ3) is 4.25. The van der Waals surface area contributed by atoms with Gasteiger partial charge in [-0.2, -0.15) is 0 Å². The molecule has 0 aliphatic carbocycles. The molecule has 9 heteroatoms. The number of rotatable bonds is 7. The summed E-state index contributed by atoms with van der Waals surface area (Å²) >= 11 is 6.13. The number of benzene rings is 1. The summed E-state index contributed by atoms with van der Waals surface area (Å²) < 4.78 is 10.6. The Balaban J connectivity index is 1.44. The number of amides is 2. The second-order valence-corrected chi connectivity index (χ2v) is 7.99. The van der Waals surface area contributed by atoms with Crippen LogP contribution in [0.4, 0.5) is 11.5 Å². The van der Waals surface area contributed by atoms with E-state index >= 15 is 0 Å². The highest BCUT2D eigenvalue weighted by Gasteiger charge is 2.42. The minimum Gasteiger partial charge on any atom is -0.497 e. The molecule has 0 bridgehead atoms. The molecule has 164 valence electrons. The number of pyridine rings is 1. The number of nitrogens with zero attached hydrogens (tertiary/aromatic N) is 3. The zero-order valence-electron chi connectivity index (χ0n) is 17.6. The Morgan fingerprint density at radius 3 is 2.90 bits per heavy atom. The van der Waals surface area contributed by atoms with Crippen molar-refractivity contribution in [2.75, 3.05) is 43.7 Å². The number of halogens is 1. The Bertz CT molecular complexity index is 999. The van der Waals surface area contributed by atoms with E-state index in [-0.39, 0.29) is 24.4 Å². The summed E-state index contributed by atoms with van der Waals surface area (Å²) in [5, 5.41) is 3.33. The average Bonchev–Trinajstić information content (AvgIpc) is 3.26. The van der Waals surface area contributed by atoms with Gasteiger partial charge in [0.2, 0.25) is 11.8 Å². The Labute approximate surface area is 186 Å². The molecule has 2 aromatic rings. The molecular formula is C22H25ClN4O4. The predicted molar refractivity (Wildman–Crippen MR) is 118 cm³/mol. The molecule has 1 saturated heterocycles. The lowest BCUT2D eigenvalue weighted by Crippen LogP contribution is -2.53. The fourth-order valence-corrected chi connectivity index (χ4v) is 4.35. The SMILES string of the molecule is COc1ccc(OC)c(CCNC(=O)CN2C(=O)C3CCCN3c3ncc(Cl)cc32)c1. The standard InChI is InChI=1S/C22H25ClN4O4/c1-30-16-5-6-19(31-2)14(10-16)7-8-24-20(28)13-27-18-11-15(23)12-25-21(18)26-9-3-4-17(26)22(27)29/h5-6,10-12,17H,3-4,7-9,13H2,1-2H3,(H,24,28). The largest absolute Gasteiger partial charge is 0.497 e. The first-order valence-electron chi connectivity index (χ1n) is 10.2. The van der Waals surface area contributed by atoms with Gasteiger partial charge in [-0.3, -0.25) is 14.5 Å². The van der Waals surface area contributed by atoms with Gasteiger partial charge in [-0.25, -0.2) is 4.98 Å². The Hall–Kier alpha value is -3.00. The van der Waals surface area contributed by atoms with Crippen molar-refractivity contribution in [3.8, 4) is 11.5 Å². The van der Waals surface area contributed by atoms with E-state index in [0.29, 0.717) is 29.5 Å². The van der Waals surface area contributed by atoms with E-state index in [2.05, 4.69) is 10.3 Å². The number of methoxy groups -OCH3 is 2. The number of aromatic nitrogens is 1. The lowest BCUT2D eigenvalue weighted by molar-refractivity contribution is -0.124. The van der Waals surface area contributed by atoms with Crippen LogP contribution in [0.25, 0.3) is 0 Å². The lowest BCUT2D eigenvalue weighted by Gasteiger charge is -2.38. The van der Waals surface area contributed by atoms with Gasteiger partial charge < -0.3 is 19.7 Å². The summed E-state index contributed by atoms with van der Waals surface area (Å²) in [4.78, 5) is 33.7. The topological polar surface area (TPSA) is 84.0 Å². The Kier molecular flexibility index (Phi) is 6.18. The second kappa shape index (κ2) is 9.01. The number of fused-ring (bicyclic) bond motifs is 3. The van der Waals surface area contributed by atoms with Crippen LogP contribution in [-0.4, -0.2) is 56.7 Å². The number of anilines is 2. The lowest BCUT2D eigenvalue weighted by atomic mass is 10.1. The van der Waals surface area contributed by atoms with E-state index in [4.69, 9.17) is 21.1 Å². The zero-order valence-corrected chi connectivity index (χ0v) is 18.3. The highest BCUT2D eigenvalue weighted by molar-refractivity contribution is 6.31. The molecule has 1 atom stereocenters. The normalized spacial score (nSPS) is 17.3. The van der Waals surface area contributed by atoms with Crippen molar-refractivity contribution in [3.63, 3.8) is 0 Å². The van der Waals surface area contributed by atoms with Gasteiger partial charge in [-0.05, 0) is 49.1 Å². The monoisotopic (exact) mass is 444 g/mol. The van der Waals surface area contributed by atoms with Crippen molar-refractivity contribution in [1.29, 1.82) is 0 Å². The Morgan fingerprint density at radius 1 is 1.29 bits per heavy atom. The van der Waals surface area contributed by atoms with Crippen molar-refractivity contribution in [2.24, 2.45) is 0 Å². The predicted octanol–water partition coefficient (Wildman–Crippen LogP) is 2.43. The molecule has 2 amide bonds. The first kappa shape index (κ1) is 21.2. The third-order valence-corrected chi connectivity index (χ3v) is 5.89. The van der Waals surface area contributed by atoms with Crippen molar-refractivity contribution >= 4 is 34.9 Å². The molecule has 2 aliphatic rings. The molecule has 3 heterocycles. The van der Waals surface area contributed by atoms with E-state index in [9.17, 15) is 9.59 Å². The van der Waals surface area contributed by atoms with Gasteiger partial charge in [0.1, 0.15) is 24.1 Å². The minimum atomic E-state index is -0.268. The van der Waals surface area contributed by atoms with E-state index in [1.165, 1.54) is 4.90 Å². The van der Waals surface area contributed by atoms with Gasteiger partial charge in [0.25, 0.3) is 0 Å². The van der Waals surface area contributed by atoms with Crippen molar-refractivity contribution in [1.82, 2.24) is 10.3 Å². The highest BCUT2D eigenvalue weighted by Crippen LogP contribution is 2.39. The number of ether oxygens (including phenoxy) is 2. The maximum atomic E-state index is 13.1. The molecular weight excluding hydrogens is 420 g/mol. The number of nitrogens with one attached hydrogen (secondary N) is 1. The molecule has 0 radical (unpaired) electrons. The Morgan fingerprint density at radius 2 is 2.13 bits per heavy atom. The van der Waals surface area contributed by atoms with Crippen LogP contribution in [0.2, 0.25) is 5.02 Å². The third-order valence-electron chi connectivity index (χ3n) is 5.69. The van der Waals surface area contributed by atoms with Gasteiger partial charge in [0, 0.05) is 19.3 Å². The summed E-state index contributed by atoms with van der Waals surface area (Å²) in [6.45, 7) is 1.11. The van der Waals surface area contributed by atoms with Crippen LogP contribution in [0.5, 0.6) is 11.5 Å². The van der Waals surface area contributed by atoms with E-state index < -0.39 is 0 Å². The van der Waals surface area contributed by atoms with Crippen LogP contribution in [0.3, 0.4) is 0 Å². The van der Waals surface area contributed by atoms with Gasteiger partial charge >= 0.3 is 0 Å². The van der Waals surface area contributed by atoms with Crippen molar-refractivity contribution < 1.29 is 19.1 Å². The molecule has 1 aromatic carbocycles. The molecule has 0 saturated carbocycles. The van der Waals surface area contributed by atoms with Crippen LogP contribution in [0.1, 0.15) is 18.4 Å². The van der Waals surface area contributed by atoms with Crippen LogP contribution < -0.4 is 24.6 Å². The van der Waals surface area contributed by atoms with Crippen LogP contribution >= 0.6 is 11.6 Å². The van der Waals surface area contributed by atoms with E-state index in [1.807, 2.05) is 23.1 Å². The number of carbonyl (C=O) groups excluding carboxylic acids is 2. The molecule has 0 spiro atoms. The smallest absolute Gasteiger partial charge is 0.250 e. The first-order chi connectivity index (χ1) is 15.0. The summed E-state index contributed by atoms with van der Waals surface area (Å²) in [5.41, 5.74) is 1.51.